The molecule has 3 heteroatoms. The van der Waals surface area contributed by atoms with E-state index in [4.69, 9.17) is 0 Å². The Morgan fingerprint density at radius 1 is 1.64 bits per heavy atom. The van der Waals surface area contributed by atoms with E-state index >= 15 is 0 Å². The third-order valence-corrected chi connectivity index (χ3v) is 2.97. The van der Waals surface area contributed by atoms with Gasteiger partial charge in [-0.1, -0.05) is 11.3 Å². The summed E-state index contributed by atoms with van der Waals surface area (Å²) in [7, 11) is 0. The summed E-state index contributed by atoms with van der Waals surface area (Å²) in [5.74, 6) is 0. The van der Waals surface area contributed by atoms with Crippen LogP contribution in [0.15, 0.2) is 5.51 Å². The van der Waals surface area contributed by atoms with E-state index in [0.29, 0.717) is 6.42 Å². The summed E-state index contributed by atoms with van der Waals surface area (Å²) in [6.07, 6.45) is 0.684. The third kappa shape index (κ3) is 1.79. The molecule has 0 N–H and O–H groups in total. The summed E-state index contributed by atoms with van der Waals surface area (Å²) < 4.78 is 2.18. The van der Waals surface area contributed by atoms with Crippen LogP contribution in [0.5, 0.6) is 0 Å². The van der Waals surface area contributed by atoms with Gasteiger partial charge in [0.25, 0.3) is 0 Å². The molecule has 1 heterocycles. The number of aryl methyl sites for hydroxylation is 1. The van der Waals surface area contributed by atoms with Gasteiger partial charge in [0, 0.05) is 6.92 Å². The van der Waals surface area contributed by atoms with E-state index in [9.17, 15) is 5.11 Å². The van der Waals surface area contributed by atoms with Crippen LogP contribution < -0.4 is 9.67 Å². The molecule has 11 heavy (non-hydrogen) atoms. The van der Waals surface area contributed by atoms with Gasteiger partial charge in [-0.25, -0.2) is 0 Å². The fourth-order valence-corrected chi connectivity index (χ4v) is 2.15. The second kappa shape index (κ2) is 3.83. The molecule has 0 aliphatic carbocycles. The molecule has 0 unspecified atom stereocenters. The highest BCUT2D eigenvalue weighted by molar-refractivity contribution is 7.09. The quantitative estimate of drug-likeness (QED) is 0.600. The zero-order valence-electron chi connectivity index (χ0n) is 6.96. The number of thiazole rings is 1. The van der Waals surface area contributed by atoms with E-state index in [2.05, 4.69) is 23.9 Å². The predicted octanol–water partition coefficient (Wildman–Crippen LogP) is 0.267. The third-order valence-electron chi connectivity index (χ3n) is 1.83. The molecule has 0 fully saturated rings. The van der Waals surface area contributed by atoms with Crippen LogP contribution in [0.3, 0.4) is 0 Å². The summed E-state index contributed by atoms with van der Waals surface area (Å²) in [6, 6.07) is 0. The SMILES string of the molecule is CC[n+]1csc(CC[O-])c1C. The molecule has 62 valence electrons. The summed E-state index contributed by atoms with van der Waals surface area (Å²) in [4.78, 5) is 1.24. The first-order valence-corrected chi connectivity index (χ1v) is 4.72. The minimum atomic E-state index is 0.00503. The Morgan fingerprint density at radius 3 is 2.82 bits per heavy atom. The van der Waals surface area contributed by atoms with Crippen LogP contribution in [0, 0.1) is 6.92 Å². The Labute approximate surface area is 71.1 Å². The summed E-state index contributed by atoms with van der Waals surface area (Å²) >= 11 is 1.69. The molecule has 0 aliphatic heterocycles. The highest BCUT2D eigenvalue weighted by Crippen LogP contribution is 2.10. The maximum atomic E-state index is 10.3. The fraction of sp³-hybridized carbons (Fsp3) is 0.625. The number of rotatable bonds is 3. The monoisotopic (exact) mass is 171 g/mol. The van der Waals surface area contributed by atoms with Crippen LogP contribution >= 0.6 is 11.3 Å². The highest BCUT2D eigenvalue weighted by Gasteiger charge is 2.10. The molecule has 0 atom stereocenters. The number of nitrogens with zero attached hydrogens (tertiary/aromatic N) is 1. The van der Waals surface area contributed by atoms with Gasteiger partial charge in [0.15, 0.2) is 5.69 Å². The Hall–Kier alpha value is -0.410. The summed E-state index contributed by atoms with van der Waals surface area (Å²) in [5.41, 5.74) is 3.34. The van der Waals surface area contributed by atoms with Gasteiger partial charge in [0.05, 0.1) is 4.88 Å². The summed E-state index contributed by atoms with van der Waals surface area (Å²) in [6.45, 7) is 5.19. The molecule has 1 aromatic rings. The van der Waals surface area contributed by atoms with Crippen molar-refractivity contribution in [2.45, 2.75) is 26.8 Å². The Balaban J connectivity index is 2.82. The average molecular weight is 171 g/mol. The first kappa shape index (κ1) is 8.68. The zero-order valence-corrected chi connectivity index (χ0v) is 7.78. The maximum absolute atomic E-state index is 10.3. The van der Waals surface area contributed by atoms with Crippen LogP contribution in [-0.2, 0) is 13.0 Å². The molecule has 0 saturated heterocycles. The molecule has 0 bridgehead atoms. The molecule has 0 amide bonds. The molecule has 0 aliphatic rings. The standard InChI is InChI=1S/C8H13NOS/c1-3-9-6-11-8(4-5-10)7(9)2/h6H,3-5H2,1-2H3. The Bertz CT molecular complexity index is 232. The lowest BCUT2D eigenvalue weighted by molar-refractivity contribution is -0.694. The van der Waals surface area contributed by atoms with Crippen LogP contribution in [-0.4, -0.2) is 6.61 Å². The van der Waals surface area contributed by atoms with Gasteiger partial charge in [-0.15, -0.1) is 6.61 Å². The van der Waals surface area contributed by atoms with Gasteiger partial charge in [-0.2, -0.15) is 4.57 Å². The second-order valence-corrected chi connectivity index (χ2v) is 3.41. The smallest absolute Gasteiger partial charge is 0.225 e. The van der Waals surface area contributed by atoms with Gasteiger partial charge in [0.1, 0.15) is 6.54 Å². The summed E-state index contributed by atoms with van der Waals surface area (Å²) in [5, 5.41) is 10.3. The van der Waals surface area contributed by atoms with Crippen molar-refractivity contribution >= 4 is 11.3 Å². The molecule has 1 rings (SSSR count). The van der Waals surface area contributed by atoms with Crippen molar-refractivity contribution in [3.8, 4) is 0 Å². The maximum Gasteiger partial charge on any atom is 0.225 e. The lowest BCUT2D eigenvalue weighted by Gasteiger charge is -1.98. The van der Waals surface area contributed by atoms with Gasteiger partial charge in [0.2, 0.25) is 5.51 Å². The number of hydrogen-bond acceptors (Lipinski definition) is 2. The predicted molar refractivity (Wildman–Crippen MR) is 43.5 cm³/mol. The van der Waals surface area contributed by atoms with Gasteiger partial charge in [-0.3, -0.25) is 0 Å². The lowest BCUT2D eigenvalue weighted by Crippen LogP contribution is -2.32. The van der Waals surface area contributed by atoms with Crippen molar-refractivity contribution in [3.63, 3.8) is 0 Å². The minimum absolute atomic E-state index is 0.00503. The molecule has 0 radical (unpaired) electrons. The topological polar surface area (TPSA) is 26.9 Å². The van der Waals surface area contributed by atoms with Crippen molar-refractivity contribution in [2.24, 2.45) is 0 Å². The average Bonchev–Trinajstić information content (AvgIpc) is 2.34. The fourth-order valence-electron chi connectivity index (χ4n) is 1.10. The first-order valence-electron chi connectivity index (χ1n) is 3.84. The number of aromatic nitrogens is 1. The molecular formula is C8H13NOS. The van der Waals surface area contributed by atoms with Crippen molar-refractivity contribution in [1.29, 1.82) is 0 Å². The molecule has 2 nitrogen and oxygen atoms in total. The second-order valence-electron chi connectivity index (χ2n) is 2.47. The molecule has 0 saturated carbocycles. The van der Waals surface area contributed by atoms with Crippen LogP contribution in [0.2, 0.25) is 0 Å². The highest BCUT2D eigenvalue weighted by atomic mass is 32.1. The van der Waals surface area contributed by atoms with Crippen LogP contribution in [0.25, 0.3) is 0 Å². The van der Waals surface area contributed by atoms with Crippen LogP contribution in [0.4, 0.5) is 0 Å². The van der Waals surface area contributed by atoms with E-state index < -0.39 is 0 Å². The van der Waals surface area contributed by atoms with E-state index in [1.54, 1.807) is 11.3 Å². The van der Waals surface area contributed by atoms with E-state index in [-0.39, 0.29) is 6.61 Å². The normalized spacial score (nSPS) is 10.5. The molecule has 0 aromatic carbocycles. The zero-order chi connectivity index (χ0) is 8.27. The van der Waals surface area contributed by atoms with Crippen molar-refractivity contribution in [2.75, 3.05) is 6.61 Å². The van der Waals surface area contributed by atoms with E-state index in [0.717, 1.165) is 6.54 Å². The Morgan fingerprint density at radius 2 is 2.36 bits per heavy atom. The minimum Gasteiger partial charge on any atom is -0.854 e. The Kier molecular flexibility index (Phi) is 3.02. The van der Waals surface area contributed by atoms with Crippen molar-refractivity contribution in [1.82, 2.24) is 0 Å². The van der Waals surface area contributed by atoms with Crippen LogP contribution in [0.1, 0.15) is 17.5 Å². The van der Waals surface area contributed by atoms with Crippen molar-refractivity contribution in [3.05, 3.63) is 16.1 Å². The largest absolute Gasteiger partial charge is 0.854 e. The van der Waals surface area contributed by atoms with E-state index in [1.165, 1.54) is 10.6 Å². The number of hydrogen-bond donors (Lipinski definition) is 0. The van der Waals surface area contributed by atoms with Crippen molar-refractivity contribution < 1.29 is 9.67 Å². The van der Waals surface area contributed by atoms with E-state index in [1.807, 2.05) is 0 Å². The molecule has 1 aromatic heterocycles. The molecule has 0 spiro atoms. The van der Waals surface area contributed by atoms with Gasteiger partial charge in [-0.05, 0) is 13.3 Å². The van der Waals surface area contributed by atoms with Gasteiger partial charge >= 0.3 is 0 Å². The van der Waals surface area contributed by atoms with Gasteiger partial charge < -0.3 is 5.11 Å². The first-order chi connectivity index (χ1) is 5.29. The lowest BCUT2D eigenvalue weighted by atomic mass is 10.3. The molecular weight excluding hydrogens is 158 g/mol.